The number of hydrogen-bond donors (Lipinski definition) is 2. The van der Waals surface area contributed by atoms with Gasteiger partial charge in [0.05, 0.1) is 6.10 Å². The molecule has 15 heavy (non-hydrogen) atoms. The first kappa shape index (κ1) is 12.7. The SMILES string of the molecule is C=CCC[C@H](CC)NC[C@H]1CCC[C@@H]1O. The first-order chi connectivity index (χ1) is 7.27. The van der Waals surface area contributed by atoms with Gasteiger partial charge in [0.2, 0.25) is 0 Å². The molecule has 0 aromatic carbocycles. The molecular formula is C13H25NO. The van der Waals surface area contributed by atoms with Crippen LogP contribution in [-0.4, -0.2) is 23.8 Å². The van der Waals surface area contributed by atoms with Gasteiger partial charge in [0, 0.05) is 12.6 Å². The molecule has 2 N–H and O–H groups in total. The van der Waals surface area contributed by atoms with Crippen LogP contribution < -0.4 is 5.32 Å². The van der Waals surface area contributed by atoms with Crippen molar-refractivity contribution in [3.63, 3.8) is 0 Å². The van der Waals surface area contributed by atoms with Gasteiger partial charge in [-0.25, -0.2) is 0 Å². The monoisotopic (exact) mass is 211 g/mol. The number of aliphatic hydroxyl groups excluding tert-OH is 1. The second-order valence-electron chi connectivity index (χ2n) is 4.64. The van der Waals surface area contributed by atoms with E-state index in [1.165, 1.54) is 19.3 Å². The Morgan fingerprint density at radius 3 is 2.87 bits per heavy atom. The fourth-order valence-electron chi connectivity index (χ4n) is 2.34. The number of aliphatic hydroxyl groups is 1. The van der Waals surface area contributed by atoms with Crippen molar-refractivity contribution in [2.45, 2.75) is 57.6 Å². The molecule has 1 aliphatic rings. The summed E-state index contributed by atoms with van der Waals surface area (Å²) >= 11 is 0. The number of allylic oxidation sites excluding steroid dienone is 1. The van der Waals surface area contributed by atoms with Crippen LogP contribution in [-0.2, 0) is 0 Å². The van der Waals surface area contributed by atoms with Gasteiger partial charge in [0.15, 0.2) is 0 Å². The minimum absolute atomic E-state index is 0.0607. The number of hydrogen-bond acceptors (Lipinski definition) is 2. The molecule has 0 aliphatic heterocycles. The van der Waals surface area contributed by atoms with Gasteiger partial charge in [-0.3, -0.25) is 0 Å². The quantitative estimate of drug-likeness (QED) is 0.634. The van der Waals surface area contributed by atoms with Crippen LogP contribution in [0.15, 0.2) is 12.7 Å². The zero-order valence-electron chi connectivity index (χ0n) is 9.91. The zero-order chi connectivity index (χ0) is 11.1. The number of rotatable bonds is 7. The highest BCUT2D eigenvalue weighted by molar-refractivity contribution is 4.80. The van der Waals surface area contributed by atoms with Crippen molar-refractivity contribution in [1.29, 1.82) is 0 Å². The third-order valence-corrected chi connectivity index (χ3v) is 3.50. The molecule has 2 heteroatoms. The van der Waals surface area contributed by atoms with E-state index in [0.29, 0.717) is 12.0 Å². The van der Waals surface area contributed by atoms with Gasteiger partial charge in [-0.1, -0.05) is 19.4 Å². The Kier molecular flexibility index (Phi) is 5.96. The molecule has 0 bridgehead atoms. The molecule has 3 atom stereocenters. The van der Waals surface area contributed by atoms with Gasteiger partial charge in [0.1, 0.15) is 0 Å². The third-order valence-electron chi connectivity index (χ3n) is 3.50. The normalized spacial score (nSPS) is 27.9. The predicted octanol–water partition coefficient (Wildman–Crippen LogP) is 2.48. The van der Waals surface area contributed by atoms with Crippen molar-refractivity contribution in [3.05, 3.63) is 12.7 Å². The summed E-state index contributed by atoms with van der Waals surface area (Å²) in [5, 5.41) is 13.3. The van der Waals surface area contributed by atoms with Crippen molar-refractivity contribution in [3.8, 4) is 0 Å². The van der Waals surface area contributed by atoms with Crippen LogP contribution in [0, 0.1) is 5.92 Å². The van der Waals surface area contributed by atoms with Gasteiger partial charge >= 0.3 is 0 Å². The summed E-state index contributed by atoms with van der Waals surface area (Å²) in [4.78, 5) is 0. The topological polar surface area (TPSA) is 32.3 Å². The molecular weight excluding hydrogens is 186 g/mol. The summed E-state index contributed by atoms with van der Waals surface area (Å²) in [5.74, 6) is 0.489. The highest BCUT2D eigenvalue weighted by atomic mass is 16.3. The summed E-state index contributed by atoms with van der Waals surface area (Å²) in [7, 11) is 0. The van der Waals surface area contributed by atoms with Crippen molar-refractivity contribution in [1.82, 2.24) is 5.32 Å². The van der Waals surface area contributed by atoms with E-state index in [0.717, 1.165) is 25.8 Å². The molecule has 0 heterocycles. The van der Waals surface area contributed by atoms with Gasteiger partial charge < -0.3 is 10.4 Å². The molecule has 2 nitrogen and oxygen atoms in total. The lowest BCUT2D eigenvalue weighted by molar-refractivity contribution is 0.129. The third kappa shape index (κ3) is 4.35. The molecule has 1 rings (SSSR count). The molecule has 0 radical (unpaired) electrons. The lowest BCUT2D eigenvalue weighted by atomic mass is 10.0. The molecule has 0 spiro atoms. The second kappa shape index (κ2) is 7.02. The van der Waals surface area contributed by atoms with Gasteiger partial charge in [-0.2, -0.15) is 0 Å². The minimum Gasteiger partial charge on any atom is -0.393 e. The van der Waals surface area contributed by atoms with Crippen LogP contribution in [0.5, 0.6) is 0 Å². The summed E-state index contributed by atoms with van der Waals surface area (Å²) < 4.78 is 0. The first-order valence-electron chi connectivity index (χ1n) is 6.30. The van der Waals surface area contributed by atoms with Gasteiger partial charge in [-0.15, -0.1) is 6.58 Å². The van der Waals surface area contributed by atoms with Crippen LogP contribution >= 0.6 is 0 Å². The Morgan fingerprint density at radius 1 is 1.53 bits per heavy atom. The Hall–Kier alpha value is -0.340. The molecule has 88 valence electrons. The van der Waals surface area contributed by atoms with Crippen molar-refractivity contribution in [2.75, 3.05) is 6.54 Å². The highest BCUT2D eigenvalue weighted by Crippen LogP contribution is 2.24. The highest BCUT2D eigenvalue weighted by Gasteiger charge is 2.25. The van der Waals surface area contributed by atoms with E-state index in [1.54, 1.807) is 0 Å². The van der Waals surface area contributed by atoms with Crippen LogP contribution in [0.1, 0.15) is 45.4 Å². The largest absolute Gasteiger partial charge is 0.393 e. The van der Waals surface area contributed by atoms with E-state index in [9.17, 15) is 5.11 Å². The Bertz CT molecular complexity index is 181. The molecule has 0 saturated heterocycles. The fourth-order valence-corrected chi connectivity index (χ4v) is 2.34. The Morgan fingerprint density at radius 2 is 2.33 bits per heavy atom. The van der Waals surface area contributed by atoms with Crippen molar-refractivity contribution >= 4 is 0 Å². The summed E-state index contributed by atoms with van der Waals surface area (Å²) in [5.41, 5.74) is 0. The number of nitrogens with one attached hydrogen (secondary N) is 1. The Labute approximate surface area is 93.8 Å². The standard InChI is InChI=1S/C13H25NO/c1-3-5-8-12(4-2)14-10-11-7-6-9-13(11)15/h3,11-15H,1,4-10H2,2H3/t11-,12+,13+/m1/s1. The van der Waals surface area contributed by atoms with Crippen LogP contribution in [0.2, 0.25) is 0 Å². The first-order valence-corrected chi connectivity index (χ1v) is 6.30. The second-order valence-corrected chi connectivity index (χ2v) is 4.64. The molecule has 1 fully saturated rings. The zero-order valence-corrected chi connectivity index (χ0v) is 9.91. The van der Waals surface area contributed by atoms with Crippen LogP contribution in [0.4, 0.5) is 0 Å². The van der Waals surface area contributed by atoms with E-state index in [4.69, 9.17) is 0 Å². The summed E-state index contributed by atoms with van der Waals surface area (Å²) in [6, 6.07) is 0.593. The molecule has 0 amide bonds. The van der Waals surface area contributed by atoms with E-state index in [-0.39, 0.29) is 6.10 Å². The smallest absolute Gasteiger partial charge is 0.0580 e. The van der Waals surface area contributed by atoms with E-state index in [2.05, 4.69) is 18.8 Å². The molecule has 1 saturated carbocycles. The van der Waals surface area contributed by atoms with Gasteiger partial charge in [0.25, 0.3) is 0 Å². The van der Waals surface area contributed by atoms with Crippen LogP contribution in [0.3, 0.4) is 0 Å². The van der Waals surface area contributed by atoms with E-state index < -0.39 is 0 Å². The van der Waals surface area contributed by atoms with Crippen molar-refractivity contribution in [2.24, 2.45) is 5.92 Å². The maximum atomic E-state index is 9.69. The molecule has 1 aliphatic carbocycles. The van der Waals surface area contributed by atoms with E-state index in [1.807, 2.05) is 6.08 Å². The average molecular weight is 211 g/mol. The molecule has 0 aromatic heterocycles. The minimum atomic E-state index is -0.0607. The Balaban J connectivity index is 2.18. The maximum absolute atomic E-state index is 9.69. The van der Waals surface area contributed by atoms with Gasteiger partial charge in [-0.05, 0) is 38.0 Å². The van der Waals surface area contributed by atoms with Crippen molar-refractivity contribution < 1.29 is 5.11 Å². The summed E-state index contributed by atoms with van der Waals surface area (Å²) in [6.07, 6.45) is 8.71. The lowest BCUT2D eigenvalue weighted by Gasteiger charge is -2.21. The maximum Gasteiger partial charge on any atom is 0.0580 e. The predicted molar refractivity (Wildman–Crippen MR) is 64.9 cm³/mol. The fraction of sp³-hybridized carbons (Fsp3) is 0.846. The van der Waals surface area contributed by atoms with Crippen LogP contribution in [0.25, 0.3) is 0 Å². The molecule has 0 aromatic rings. The molecule has 0 unspecified atom stereocenters. The average Bonchev–Trinajstić information content (AvgIpc) is 2.65. The van der Waals surface area contributed by atoms with E-state index >= 15 is 0 Å². The summed E-state index contributed by atoms with van der Waals surface area (Å²) in [6.45, 7) is 6.95. The lowest BCUT2D eigenvalue weighted by Crippen LogP contribution is -2.35.